The molecule has 0 spiro atoms. The summed E-state index contributed by atoms with van der Waals surface area (Å²) in [5, 5.41) is 6.98. The van der Waals surface area contributed by atoms with Gasteiger partial charge in [-0.2, -0.15) is 0 Å². The molecular formula is C20H22Cl2N2O2. The minimum absolute atomic E-state index is 0.00311. The molecule has 0 unspecified atom stereocenters. The first kappa shape index (κ1) is 20.3. The lowest BCUT2D eigenvalue weighted by Crippen LogP contribution is -2.24. The Labute approximate surface area is 163 Å². The molecule has 2 rings (SSSR count). The van der Waals surface area contributed by atoms with Crippen molar-refractivity contribution >= 4 is 40.7 Å². The van der Waals surface area contributed by atoms with Crippen molar-refractivity contribution < 1.29 is 9.59 Å². The molecule has 0 atom stereocenters. The summed E-state index contributed by atoms with van der Waals surface area (Å²) >= 11 is 11.6. The van der Waals surface area contributed by atoms with Crippen LogP contribution in [-0.2, 0) is 4.79 Å². The Morgan fingerprint density at radius 2 is 1.35 bits per heavy atom. The van der Waals surface area contributed by atoms with Crippen molar-refractivity contribution in [3.05, 3.63) is 64.1 Å². The van der Waals surface area contributed by atoms with Crippen molar-refractivity contribution in [1.82, 2.24) is 5.32 Å². The molecule has 0 aliphatic heterocycles. The lowest BCUT2D eigenvalue weighted by Gasteiger charge is -2.06. The van der Waals surface area contributed by atoms with Gasteiger partial charge in [-0.25, -0.2) is 0 Å². The number of hydrogen-bond donors (Lipinski definition) is 2. The molecule has 0 aromatic heterocycles. The third-order valence-electron chi connectivity index (χ3n) is 3.85. The van der Waals surface area contributed by atoms with Crippen LogP contribution in [0.15, 0.2) is 48.5 Å². The van der Waals surface area contributed by atoms with Crippen LogP contribution in [0.5, 0.6) is 0 Å². The van der Waals surface area contributed by atoms with E-state index in [1.54, 1.807) is 48.5 Å². The highest BCUT2D eigenvalue weighted by molar-refractivity contribution is 6.31. The van der Waals surface area contributed by atoms with Crippen molar-refractivity contribution in [1.29, 1.82) is 0 Å². The van der Waals surface area contributed by atoms with E-state index in [9.17, 15) is 9.59 Å². The number of nitrogens with one attached hydrogen (secondary N) is 2. The molecular weight excluding hydrogens is 371 g/mol. The average Bonchev–Trinajstić information content (AvgIpc) is 2.63. The molecule has 0 bridgehead atoms. The van der Waals surface area contributed by atoms with Crippen molar-refractivity contribution in [2.75, 3.05) is 11.9 Å². The summed E-state index contributed by atoms with van der Waals surface area (Å²) in [6, 6.07) is 13.9. The van der Waals surface area contributed by atoms with Gasteiger partial charge in [0.2, 0.25) is 5.91 Å². The number of amides is 2. The van der Waals surface area contributed by atoms with Gasteiger partial charge in [-0.1, -0.05) is 36.0 Å². The second-order valence-corrected chi connectivity index (χ2v) is 6.85. The Balaban J connectivity index is 1.52. The van der Waals surface area contributed by atoms with Crippen LogP contribution in [0.3, 0.4) is 0 Å². The highest BCUT2D eigenvalue weighted by atomic mass is 35.5. The first-order valence-electron chi connectivity index (χ1n) is 8.64. The summed E-state index contributed by atoms with van der Waals surface area (Å²) in [5.74, 6) is -0.0904. The fraction of sp³-hybridized carbons (Fsp3) is 0.300. The first-order chi connectivity index (χ1) is 12.5. The van der Waals surface area contributed by atoms with Gasteiger partial charge in [0.15, 0.2) is 0 Å². The van der Waals surface area contributed by atoms with Crippen LogP contribution in [0, 0.1) is 0 Å². The van der Waals surface area contributed by atoms with Gasteiger partial charge >= 0.3 is 0 Å². The Morgan fingerprint density at radius 3 is 2.00 bits per heavy atom. The number of rotatable bonds is 9. The van der Waals surface area contributed by atoms with E-state index in [0.29, 0.717) is 28.6 Å². The van der Waals surface area contributed by atoms with Crippen LogP contribution in [0.2, 0.25) is 10.0 Å². The summed E-state index contributed by atoms with van der Waals surface area (Å²) in [4.78, 5) is 23.8. The number of halogens is 2. The third kappa shape index (κ3) is 7.46. The predicted octanol–water partition coefficient (Wildman–Crippen LogP) is 5.31. The summed E-state index contributed by atoms with van der Waals surface area (Å²) < 4.78 is 0. The summed E-state index contributed by atoms with van der Waals surface area (Å²) in [7, 11) is 0. The molecule has 0 heterocycles. The SMILES string of the molecule is O=C(CCCCCCNC(=O)c1ccc(Cl)cc1)Nc1ccc(Cl)cc1. The Hall–Kier alpha value is -2.04. The van der Waals surface area contributed by atoms with Crippen LogP contribution in [0.25, 0.3) is 0 Å². The molecule has 2 aromatic rings. The predicted molar refractivity (Wildman–Crippen MR) is 107 cm³/mol. The molecule has 0 saturated heterocycles. The van der Waals surface area contributed by atoms with E-state index < -0.39 is 0 Å². The van der Waals surface area contributed by atoms with Crippen molar-refractivity contribution in [3.63, 3.8) is 0 Å². The number of unbranched alkanes of at least 4 members (excludes halogenated alkanes) is 3. The fourth-order valence-electron chi connectivity index (χ4n) is 2.43. The summed E-state index contributed by atoms with van der Waals surface area (Å²) in [6.07, 6.45) is 4.11. The monoisotopic (exact) mass is 392 g/mol. The largest absolute Gasteiger partial charge is 0.352 e. The van der Waals surface area contributed by atoms with E-state index in [1.165, 1.54) is 0 Å². The van der Waals surface area contributed by atoms with E-state index in [0.717, 1.165) is 31.4 Å². The van der Waals surface area contributed by atoms with Gasteiger partial charge in [-0.15, -0.1) is 0 Å². The molecule has 4 nitrogen and oxygen atoms in total. The number of anilines is 1. The normalized spacial score (nSPS) is 10.4. The Bertz CT molecular complexity index is 716. The molecule has 2 aromatic carbocycles. The van der Waals surface area contributed by atoms with E-state index in [1.807, 2.05) is 0 Å². The highest BCUT2D eigenvalue weighted by Crippen LogP contribution is 2.14. The maximum atomic E-state index is 11.9. The number of benzene rings is 2. The second kappa shape index (κ2) is 10.8. The smallest absolute Gasteiger partial charge is 0.251 e. The quantitative estimate of drug-likeness (QED) is 0.567. The molecule has 0 saturated carbocycles. The van der Waals surface area contributed by atoms with Gasteiger partial charge in [-0.3, -0.25) is 9.59 Å². The zero-order valence-corrected chi connectivity index (χ0v) is 15.9. The van der Waals surface area contributed by atoms with Crippen LogP contribution < -0.4 is 10.6 Å². The van der Waals surface area contributed by atoms with Gasteiger partial charge in [0.05, 0.1) is 0 Å². The van der Waals surface area contributed by atoms with Crippen LogP contribution in [0.4, 0.5) is 5.69 Å². The molecule has 138 valence electrons. The lowest BCUT2D eigenvalue weighted by molar-refractivity contribution is -0.116. The number of carbonyl (C=O) groups is 2. The molecule has 6 heteroatoms. The van der Waals surface area contributed by atoms with Gasteiger partial charge < -0.3 is 10.6 Å². The van der Waals surface area contributed by atoms with E-state index in [4.69, 9.17) is 23.2 Å². The van der Waals surface area contributed by atoms with Gasteiger partial charge in [0, 0.05) is 34.3 Å². The first-order valence-corrected chi connectivity index (χ1v) is 9.39. The summed E-state index contributed by atoms with van der Waals surface area (Å²) in [6.45, 7) is 0.623. The molecule has 2 N–H and O–H groups in total. The molecule has 0 fully saturated rings. The minimum atomic E-state index is -0.0935. The lowest BCUT2D eigenvalue weighted by atomic mass is 10.1. The standard InChI is InChI=1S/C20H22Cl2N2O2/c21-16-8-6-15(7-9-16)20(26)23-14-4-2-1-3-5-19(25)24-18-12-10-17(22)11-13-18/h6-13H,1-5,14H2,(H,23,26)(H,24,25). The third-order valence-corrected chi connectivity index (χ3v) is 4.35. The number of carbonyl (C=O) groups excluding carboxylic acids is 2. The summed E-state index contributed by atoms with van der Waals surface area (Å²) in [5.41, 5.74) is 1.36. The topological polar surface area (TPSA) is 58.2 Å². The van der Waals surface area contributed by atoms with Gasteiger partial charge in [0.25, 0.3) is 5.91 Å². The molecule has 26 heavy (non-hydrogen) atoms. The van der Waals surface area contributed by atoms with Crippen molar-refractivity contribution in [2.24, 2.45) is 0 Å². The zero-order valence-electron chi connectivity index (χ0n) is 14.4. The van der Waals surface area contributed by atoms with E-state index in [2.05, 4.69) is 10.6 Å². The molecule has 2 amide bonds. The molecule has 0 radical (unpaired) electrons. The maximum absolute atomic E-state index is 11.9. The van der Waals surface area contributed by atoms with E-state index in [-0.39, 0.29) is 11.8 Å². The Kier molecular flexibility index (Phi) is 8.45. The van der Waals surface area contributed by atoms with Crippen molar-refractivity contribution in [3.8, 4) is 0 Å². The highest BCUT2D eigenvalue weighted by Gasteiger charge is 2.05. The van der Waals surface area contributed by atoms with Crippen molar-refractivity contribution in [2.45, 2.75) is 32.1 Å². The van der Waals surface area contributed by atoms with Gasteiger partial charge in [0.1, 0.15) is 0 Å². The maximum Gasteiger partial charge on any atom is 0.251 e. The fourth-order valence-corrected chi connectivity index (χ4v) is 2.68. The van der Waals surface area contributed by atoms with Crippen LogP contribution in [0.1, 0.15) is 42.5 Å². The van der Waals surface area contributed by atoms with E-state index >= 15 is 0 Å². The van der Waals surface area contributed by atoms with Crippen LogP contribution in [-0.4, -0.2) is 18.4 Å². The molecule has 0 aliphatic carbocycles. The second-order valence-electron chi connectivity index (χ2n) is 5.98. The number of hydrogen-bond acceptors (Lipinski definition) is 2. The Morgan fingerprint density at radius 1 is 0.769 bits per heavy atom. The zero-order chi connectivity index (χ0) is 18.8. The average molecular weight is 393 g/mol. The molecule has 0 aliphatic rings. The van der Waals surface area contributed by atoms with Gasteiger partial charge in [-0.05, 0) is 61.4 Å². The minimum Gasteiger partial charge on any atom is -0.352 e. The van der Waals surface area contributed by atoms with Crippen LogP contribution >= 0.6 is 23.2 Å².